The lowest BCUT2D eigenvalue weighted by Gasteiger charge is -2.26. The number of hydrogen-bond acceptors (Lipinski definition) is 6. The maximum Gasteiger partial charge on any atom is 0.293 e. The molecule has 0 bridgehead atoms. The number of fused-ring (bicyclic) bond motifs is 2. The molecule has 2 fully saturated rings. The monoisotopic (exact) mass is 372 g/mol. The molecule has 1 spiro atoms. The number of nitrogens with zero attached hydrogens (tertiary/aromatic N) is 3. The second kappa shape index (κ2) is 4.33. The normalized spacial score (nSPS) is 43.6. The van der Waals surface area contributed by atoms with Crippen molar-refractivity contribution in [3.63, 3.8) is 0 Å². The van der Waals surface area contributed by atoms with Crippen LogP contribution in [-0.4, -0.2) is 24.5 Å². The highest BCUT2D eigenvalue weighted by atomic mass is 79.9. The van der Waals surface area contributed by atoms with E-state index >= 15 is 0 Å². The molecule has 4 rings (SSSR count). The number of hydrogen-bond donors (Lipinski definition) is 1. The van der Waals surface area contributed by atoms with E-state index in [-0.39, 0.29) is 11.9 Å². The molecule has 1 saturated carbocycles. The third-order valence-electron chi connectivity index (χ3n) is 5.01. The van der Waals surface area contributed by atoms with Crippen molar-refractivity contribution in [1.29, 1.82) is 10.5 Å². The number of amidine groups is 1. The van der Waals surface area contributed by atoms with Gasteiger partial charge >= 0.3 is 0 Å². The lowest BCUT2D eigenvalue weighted by Crippen LogP contribution is -2.39. The number of ether oxygens (including phenoxy) is 2. The van der Waals surface area contributed by atoms with Gasteiger partial charge in [-0.1, -0.05) is 28.1 Å². The Kier molecular flexibility index (Phi) is 2.76. The van der Waals surface area contributed by atoms with Gasteiger partial charge in [-0.2, -0.15) is 10.5 Å². The number of halogens is 1. The summed E-state index contributed by atoms with van der Waals surface area (Å²) in [5.41, 5.74) is 4.48. The number of nitrogens with two attached hydrogens (primary N) is 1. The highest BCUT2D eigenvalue weighted by Gasteiger charge is 2.94. The van der Waals surface area contributed by atoms with Gasteiger partial charge in [0.15, 0.2) is 5.41 Å². The van der Waals surface area contributed by atoms with E-state index < -0.39 is 22.7 Å². The Morgan fingerprint density at radius 2 is 2.00 bits per heavy atom. The molecule has 7 heteroatoms. The summed E-state index contributed by atoms with van der Waals surface area (Å²) in [6.45, 7) is 2.16. The molecular formula is C16H13BrN4O2. The molecule has 5 atom stereocenters. The van der Waals surface area contributed by atoms with Gasteiger partial charge in [0.05, 0.1) is 24.8 Å². The van der Waals surface area contributed by atoms with Crippen molar-refractivity contribution in [2.45, 2.75) is 24.9 Å². The SMILES string of the molecule is C[C@@H]1CO[C@@]2(N=C(N)[C@@]3(C#N)[C@@H](c4ccc(Br)cc4)[C@@]23C#N)O1. The van der Waals surface area contributed by atoms with E-state index in [9.17, 15) is 10.5 Å². The fraction of sp³-hybridized carbons (Fsp3) is 0.438. The zero-order chi connectivity index (χ0) is 16.5. The van der Waals surface area contributed by atoms with E-state index in [1.54, 1.807) is 0 Å². The molecule has 0 amide bonds. The summed E-state index contributed by atoms with van der Waals surface area (Å²) in [5, 5.41) is 19.8. The zero-order valence-corrected chi connectivity index (χ0v) is 13.9. The maximum atomic E-state index is 9.98. The lowest BCUT2D eigenvalue weighted by molar-refractivity contribution is -0.193. The highest BCUT2D eigenvalue weighted by Crippen LogP contribution is 2.82. The Bertz CT molecular complexity index is 811. The summed E-state index contributed by atoms with van der Waals surface area (Å²) in [7, 11) is 0. The van der Waals surface area contributed by atoms with Crippen LogP contribution in [0.5, 0.6) is 0 Å². The first-order chi connectivity index (χ1) is 11.0. The predicted molar refractivity (Wildman–Crippen MR) is 83.8 cm³/mol. The fourth-order valence-corrected chi connectivity index (χ4v) is 4.28. The van der Waals surface area contributed by atoms with Crippen molar-refractivity contribution < 1.29 is 9.47 Å². The Balaban J connectivity index is 1.91. The lowest BCUT2D eigenvalue weighted by atomic mass is 9.94. The first kappa shape index (κ1) is 14.6. The van der Waals surface area contributed by atoms with Gasteiger partial charge in [-0.05, 0) is 24.6 Å². The second-order valence-electron chi connectivity index (χ2n) is 6.14. The van der Waals surface area contributed by atoms with Crippen molar-refractivity contribution in [1.82, 2.24) is 0 Å². The molecule has 2 aliphatic heterocycles. The van der Waals surface area contributed by atoms with Gasteiger partial charge in [0, 0.05) is 10.4 Å². The van der Waals surface area contributed by atoms with Crippen LogP contribution in [0.25, 0.3) is 0 Å². The minimum Gasteiger partial charge on any atom is -0.386 e. The molecule has 23 heavy (non-hydrogen) atoms. The number of benzene rings is 1. The van der Waals surface area contributed by atoms with Gasteiger partial charge in [-0.3, -0.25) is 0 Å². The molecule has 2 N–H and O–H groups in total. The Hall–Kier alpha value is -1.93. The number of nitriles is 2. The molecule has 2 heterocycles. The summed E-state index contributed by atoms with van der Waals surface area (Å²) >= 11 is 3.39. The molecule has 116 valence electrons. The van der Waals surface area contributed by atoms with Crippen molar-refractivity contribution in [2.24, 2.45) is 21.6 Å². The summed E-state index contributed by atoms with van der Waals surface area (Å²) in [5.74, 6) is -1.80. The quantitative estimate of drug-likeness (QED) is 0.811. The van der Waals surface area contributed by atoms with Crippen LogP contribution < -0.4 is 5.73 Å². The van der Waals surface area contributed by atoms with Gasteiger partial charge < -0.3 is 15.2 Å². The van der Waals surface area contributed by atoms with Crippen LogP contribution in [0.15, 0.2) is 33.7 Å². The first-order valence-corrected chi connectivity index (χ1v) is 8.02. The molecule has 1 aliphatic carbocycles. The van der Waals surface area contributed by atoms with Gasteiger partial charge in [0.1, 0.15) is 11.3 Å². The van der Waals surface area contributed by atoms with Gasteiger partial charge in [0.25, 0.3) is 5.91 Å². The topological polar surface area (TPSA) is 104 Å². The molecule has 1 aromatic carbocycles. The van der Waals surface area contributed by atoms with Gasteiger partial charge in [-0.25, -0.2) is 4.99 Å². The van der Waals surface area contributed by atoms with Gasteiger partial charge in [0.2, 0.25) is 0 Å². The minimum absolute atomic E-state index is 0.114. The zero-order valence-electron chi connectivity index (χ0n) is 12.3. The van der Waals surface area contributed by atoms with E-state index in [0.29, 0.717) is 6.61 Å². The van der Waals surface area contributed by atoms with Crippen LogP contribution >= 0.6 is 15.9 Å². The third-order valence-corrected chi connectivity index (χ3v) is 5.53. The fourth-order valence-electron chi connectivity index (χ4n) is 4.02. The van der Waals surface area contributed by atoms with E-state index in [0.717, 1.165) is 10.0 Å². The van der Waals surface area contributed by atoms with Crippen LogP contribution in [0.2, 0.25) is 0 Å². The minimum atomic E-state index is -1.49. The van der Waals surface area contributed by atoms with Crippen LogP contribution in [-0.2, 0) is 9.47 Å². The van der Waals surface area contributed by atoms with E-state index in [4.69, 9.17) is 15.2 Å². The molecule has 3 aliphatic rings. The molecule has 0 aromatic heterocycles. The van der Waals surface area contributed by atoms with Crippen molar-refractivity contribution in [3.05, 3.63) is 34.3 Å². The molecule has 0 unspecified atom stereocenters. The molecule has 0 radical (unpaired) electrons. The van der Waals surface area contributed by atoms with Crippen LogP contribution in [0.4, 0.5) is 0 Å². The average molecular weight is 373 g/mol. The van der Waals surface area contributed by atoms with Crippen molar-refractivity contribution in [2.75, 3.05) is 6.61 Å². The Morgan fingerprint density at radius 3 is 2.52 bits per heavy atom. The van der Waals surface area contributed by atoms with Crippen LogP contribution in [0.1, 0.15) is 18.4 Å². The molecule has 1 saturated heterocycles. The first-order valence-electron chi connectivity index (χ1n) is 7.23. The predicted octanol–water partition coefficient (Wildman–Crippen LogP) is 2.03. The van der Waals surface area contributed by atoms with E-state index in [1.165, 1.54) is 0 Å². The van der Waals surface area contributed by atoms with E-state index in [2.05, 4.69) is 33.1 Å². The van der Waals surface area contributed by atoms with Crippen LogP contribution in [0, 0.1) is 33.5 Å². The standard InChI is InChI=1S/C16H13BrN4O2/c1-9-6-22-16(23-9)15(8-19)12(10-2-4-11(17)5-3-10)14(15,7-18)13(20)21-16/h2-5,9,12H,6H2,1H3,(H2,20,21)/t9-,12-,14-,15-,16-/m1/s1. The maximum absolute atomic E-state index is 9.98. The molecule has 1 aromatic rings. The molecular weight excluding hydrogens is 360 g/mol. The summed E-state index contributed by atoms with van der Waals surface area (Å²) < 4.78 is 12.5. The molecule has 6 nitrogen and oxygen atoms in total. The Labute approximate surface area is 141 Å². The van der Waals surface area contributed by atoms with Crippen molar-refractivity contribution >= 4 is 21.8 Å². The number of rotatable bonds is 1. The van der Waals surface area contributed by atoms with E-state index in [1.807, 2.05) is 31.2 Å². The second-order valence-corrected chi connectivity index (χ2v) is 7.06. The average Bonchev–Trinajstić information content (AvgIpc) is 2.92. The Morgan fingerprint density at radius 1 is 1.30 bits per heavy atom. The summed E-state index contributed by atoms with van der Waals surface area (Å²) in [6.07, 6.45) is -0.211. The van der Waals surface area contributed by atoms with Crippen LogP contribution in [0.3, 0.4) is 0 Å². The summed E-state index contributed by atoms with van der Waals surface area (Å²) in [4.78, 5) is 4.28. The third kappa shape index (κ3) is 1.41. The van der Waals surface area contributed by atoms with Gasteiger partial charge in [-0.15, -0.1) is 0 Å². The summed E-state index contributed by atoms with van der Waals surface area (Å²) in [6, 6.07) is 12.0. The highest BCUT2D eigenvalue weighted by molar-refractivity contribution is 9.10. The van der Waals surface area contributed by atoms with Crippen molar-refractivity contribution in [3.8, 4) is 12.1 Å². The number of aliphatic imine (C=N–C) groups is 1. The smallest absolute Gasteiger partial charge is 0.293 e. The largest absolute Gasteiger partial charge is 0.386 e.